The molecule has 0 saturated carbocycles. The third-order valence-corrected chi connectivity index (χ3v) is 14.4. The minimum atomic E-state index is -5.51. The van der Waals surface area contributed by atoms with Gasteiger partial charge >= 0.3 is 5.51 Å². The van der Waals surface area contributed by atoms with Gasteiger partial charge in [-0.25, -0.2) is 8.42 Å². The van der Waals surface area contributed by atoms with E-state index in [2.05, 4.69) is 81.1 Å². The lowest BCUT2D eigenvalue weighted by Gasteiger charge is -2.37. The highest BCUT2D eigenvalue weighted by molar-refractivity contribution is 8.01. The molecule has 4 aromatic carbocycles. The van der Waals surface area contributed by atoms with Crippen LogP contribution >= 0.6 is 35.5 Å². The number of benzene rings is 4. The molecule has 0 amide bonds. The summed E-state index contributed by atoms with van der Waals surface area (Å²) in [6.45, 7) is 7.73. The van der Waals surface area contributed by atoms with E-state index < -0.39 is 31.5 Å². The molecule has 2 heterocycles. The van der Waals surface area contributed by atoms with E-state index in [0.717, 1.165) is 60.0 Å². The van der Waals surface area contributed by atoms with Crippen molar-refractivity contribution in [1.29, 1.82) is 0 Å². The number of sulfone groups is 1. The quantitative estimate of drug-likeness (QED) is 0.128. The number of nitrogens with one attached hydrogen (secondary N) is 2. The molecule has 1 saturated heterocycles. The summed E-state index contributed by atoms with van der Waals surface area (Å²) in [7, 11) is -3.40. The molecule has 2 unspecified atom stereocenters. The van der Waals surface area contributed by atoms with Gasteiger partial charge in [-0.15, -0.1) is 0 Å². The van der Waals surface area contributed by atoms with Crippen LogP contribution in [0.1, 0.15) is 24.1 Å². The first-order valence-electron chi connectivity index (χ1n) is 18.3. The number of halogens is 4. The SMILES string of the molecule is Cc1c(-c2cccc(N3CCN(c4ccc(NSC5C=C(S(=O)(=O)C(F)(F)F)C(NSc6ccccc6)CC5)cc4)CC3)c2)c(-c2ccc(Cl)cc2)n(C)c1C. The summed E-state index contributed by atoms with van der Waals surface area (Å²) in [5.41, 5.74) is 4.84. The Kier molecular flexibility index (Phi) is 12.1. The monoisotopic (exact) mass is 837 g/mol. The number of hydrogen-bond acceptors (Lipinski definition) is 8. The average Bonchev–Trinajstić information content (AvgIpc) is 3.43. The highest BCUT2D eigenvalue weighted by atomic mass is 35.5. The molecule has 1 fully saturated rings. The molecule has 2 N–H and O–H groups in total. The van der Waals surface area contributed by atoms with Gasteiger partial charge in [0.1, 0.15) is 0 Å². The van der Waals surface area contributed by atoms with Gasteiger partial charge in [-0.2, -0.15) is 13.2 Å². The third kappa shape index (κ3) is 8.62. The molecule has 0 radical (unpaired) electrons. The number of rotatable bonds is 11. The highest BCUT2D eigenvalue weighted by Gasteiger charge is 2.51. The Balaban J connectivity index is 0.977. The average molecular weight is 838 g/mol. The molecule has 294 valence electrons. The Morgan fingerprint density at radius 2 is 1.45 bits per heavy atom. The zero-order valence-electron chi connectivity index (χ0n) is 31.2. The summed E-state index contributed by atoms with van der Waals surface area (Å²) >= 11 is 8.57. The van der Waals surface area contributed by atoms with Crippen molar-refractivity contribution < 1.29 is 21.6 Å². The number of alkyl halides is 3. The number of anilines is 3. The van der Waals surface area contributed by atoms with Gasteiger partial charge in [0.05, 0.1) is 16.6 Å². The molecule has 2 atom stereocenters. The van der Waals surface area contributed by atoms with Crippen molar-refractivity contribution in [1.82, 2.24) is 9.29 Å². The Morgan fingerprint density at radius 3 is 2.11 bits per heavy atom. The molecule has 56 heavy (non-hydrogen) atoms. The van der Waals surface area contributed by atoms with E-state index in [9.17, 15) is 21.6 Å². The van der Waals surface area contributed by atoms with Crippen molar-refractivity contribution in [2.45, 2.75) is 48.4 Å². The predicted molar refractivity (Wildman–Crippen MR) is 228 cm³/mol. The van der Waals surface area contributed by atoms with E-state index in [1.807, 2.05) is 66.7 Å². The second-order valence-electron chi connectivity index (χ2n) is 14.0. The summed E-state index contributed by atoms with van der Waals surface area (Å²) in [5.74, 6) is 0. The zero-order chi connectivity index (χ0) is 39.6. The van der Waals surface area contributed by atoms with E-state index in [1.165, 1.54) is 51.8 Å². The molecule has 0 bridgehead atoms. The summed E-state index contributed by atoms with van der Waals surface area (Å²) in [4.78, 5) is 4.92. The molecule has 14 heteroatoms. The fourth-order valence-electron chi connectivity index (χ4n) is 7.31. The van der Waals surface area contributed by atoms with Gasteiger partial charge in [-0.3, -0.25) is 4.72 Å². The molecule has 7 rings (SSSR count). The van der Waals surface area contributed by atoms with Crippen LogP contribution in [0, 0.1) is 13.8 Å². The highest BCUT2D eigenvalue weighted by Crippen LogP contribution is 2.41. The molecule has 7 nitrogen and oxygen atoms in total. The van der Waals surface area contributed by atoms with Crippen LogP contribution in [-0.4, -0.2) is 56.0 Å². The van der Waals surface area contributed by atoms with E-state index in [4.69, 9.17) is 11.6 Å². The van der Waals surface area contributed by atoms with E-state index >= 15 is 0 Å². The normalized spacial score (nSPS) is 17.9. The summed E-state index contributed by atoms with van der Waals surface area (Å²) in [6, 6.07) is 32.9. The molecule has 5 aromatic rings. The third-order valence-electron chi connectivity index (χ3n) is 10.6. The smallest absolute Gasteiger partial charge is 0.368 e. The first-order valence-corrected chi connectivity index (χ1v) is 21.9. The first kappa shape index (κ1) is 40.2. The van der Waals surface area contributed by atoms with Gasteiger partial charge in [0.15, 0.2) is 0 Å². The molecular formula is C42H43ClF3N5O2S3. The maximum Gasteiger partial charge on any atom is 0.501 e. The Labute approximate surface area is 340 Å². The number of piperazine rings is 1. The van der Waals surface area contributed by atoms with Crippen LogP contribution in [0.4, 0.5) is 30.2 Å². The van der Waals surface area contributed by atoms with Crippen LogP contribution in [0.3, 0.4) is 0 Å². The van der Waals surface area contributed by atoms with Crippen molar-refractivity contribution in [2.24, 2.45) is 7.05 Å². The topological polar surface area (TPSA) is 69.6 Å². The maximum atomic E-state index is 13.7. The van der Waals surface area contributed by atoms with Crippen LogP contribution in [-0.2, 0) is 16.9 Å². The van der Waals surface area contributed by atoms with Gasteiger partial charge < -0.3 is 19.1 Å². The van der Waals surface area contributed by atoms with Gasteiger partial charge in [0.25, 0.3) is 9.84 Å². The Bertz CT molecular complexity index is 2290. The van der Waals surface area contributed by atoms with Gasteiger partial charge in [0, 0.05) is 76.7 Å². The standard InChI is InChI=1S/C42H43ClF3N5O2S3/c1-28-29(2)49(3)41(30-12-14-32(43)15-13-30)40(28)31-8-7-9-35(26-31)51-24-22-50(23-25-51)34-18-16-33(17-19-34)47-55-37-20-21-38(48-54-36-10-5-4-6-11-36)39(27-37)56(52,53)42(44,45)46/h4-19,26-27,37-38,47-48H,20-25H2,1-3H3. The summed E-state index contributed by atoms with van der Waals surface area (Å²) in [6.07, 6.45) is 1.99. The van der Waals surface area contributed by atoms with Crippen molar-refractivity contribution in [3.63, 3.8) is 0 Å². The molecule has 1 aromatic heterocycles. The minimum absolute atomic E-state index is 0.242. The number of nitrogens with zero attached hydrogens (tertiary/aromatic N) is 3. The van der Waals surface area contributed by atoms with Crippen LogP contribution in [0.2, 0.25) is 5.02 Å². The molecule has 0 spiro atoms. The van der Waals surface area contributed by atoms with Crippen molar-refractivity contribution in [2.75, 3.05) is 40.7 Å². The number of hydrogen-bond donors (Lipinski definition) is 2. The van der Waals surface area contributed by atoms with Crippen LogP contribution in [0.25, 0.3) is 22.4 Å². The van der Waals surface area contributed by atoms with Crippen molar-refractivity contribution in [3.05, 3.63) is 130 Å². The summed E-state index contributed by atoms with van der Waals surface area (Å²) < 4.78 is 74.8. The lowest BCUT2D eigenvalue weighted by atomic mass is 9.97. The molecule has 1 aliphatic carbocycles. The maximum absolute atomic E-state index is 13.7. The minimum Gasteiger partial charge on any atom is -0.368 e. The lowest BCUT2D eigenvalue weighted by molar-refractivity contribution is -0.0428. The molecule has 1 aliphatic heterocycles. The second kappa shape index (κ2) is 16.8. The summed E-state index contributed by atoms with van der Waals surface area (Å²) in [5, 5.41) is 0.247. The van der Waals surface area contributed by atoms with E-state index in [1.54, 1.807) is 0 Å². The fraction of sp³-hybridized carbons (Fsp3) is 0.286. The Hall–Kier alpha value is -4.01. The van der Waals surface area contributed by atoms with E-state index in [-0.39, 0.29) is 6.42 Å². The number of aromatic nitrogens is 1. The van der Waals surface area contributed by atoms with E-state index in [0.29, 0.717) is 11.4 Å². The second-order valence-corrected chi connectivity index (χ2v) is 18.3. The van der Waals surface area contributed by atoms with Gasteiger partial charge in [0.2, 0.25) is 0 Å². The Morgan fingerprint density at radius 1 is 0.786 bits per heavy atom. The van der Waals surface area contributed by atoms with Gasteiger partial charge in [-0.1, -0.05) is 60.1 Å². The van der Waals surface area contributed by atoms with Crippen molar-refractivity contribution >= 4 is 62.4 Å². The molecular weight excluding hydrogens is 795 g/mol. The van der Waals surface area contributed by atoms with Crippen LogP contribution < -0.4 is 19.2 Å². The largest absolute Gasteiger partial charge is 0.501 e. The van der Waals surface area contributed by atoms with Crippen LogP contribution in [0.5, 0.6) is 0 Å². The fourth-order valence-corrected chi connectivity index (χ4v) is 10.5. The zero-order valence-corrected chi connectivity index (χ0v) is 34.4. The van der Waals surface area contributed by atoms with Gasteiger partial charge in [-0.05, 0) is 128 Å². The van der Waals surface area contributed by atoms with Crippen molar-refractivity contribution in [3.8, 4) is 22.4 Å². The lowest BCUT2D eigenvalue weighted by Crippen LogP contribution is -2.46. The molecule has 2 aliphatic rings. The first-order chi connectivity index (χ1) is 26.8. The van der Waals surface area contributed by atoms with Crippen LogP contribution in [0.15, 0.2) is 119 Å². The predicted octanol–water partition coefficient (Wildman–Crippen LogP) is 10.7.